The van der Waals surface area contributed by atoms with Crippen molar-refractivity contribution < 1.29 is 27.5 Å². The number of rotatable bonds is 2. The molecule has 0 saturated carbocycles. The molecule has 0 amide bonds. The maximum atomic E-state index is 13.5. The van der Waals surface area contributed by atoms with Gasteiger partial charge in [0.1, 0.15) is 17.0 Å². The molecule has 0 fully saturated rings. The van der Waals surface area contributed by atoms with E-state index in [0.29, 0.717) is 0 Å². The van der Waals surface area contributed by atoms with Gasteiger partial charge in [-0.25, -0.2) is 4.79 Å². The molecule has 28 heavy (non-hydrogen) atoms. The van der Waals surface area contributed by atoms with Crippen LogP contribution in [0.15, 0.2) is 56.0 Å². The second-order valence-corrected chi connectivity index (χ2v) is 6.25. The monoisotopic (exact) mass is 390 g/mol. The second kappa shape index (κ2) is 6.56. The number of hydrogen-bond acceptors (Lipinski definition) is 5. The Kier molecular flexibility index (Phi) is 4.51. The number of nitriles is 1. The number of carboxylic acid groups (broad SMARTS) is 1. The average Bonchev–Trinajstić information content (AvgIpc) is 2.59. The Morgan fingerprint density at radius 1 is 1.32 bits per heavy atom. The highest BCUT2D eigenvalue weighted by Crippen LogP contribution is 2.43. The molecular formula is C19H13F3N2O4. The van der Waals surface area contributed by atoms with Crippen LogP contribution in [0.25, 0.3) is 11.0 Å². The van der Waals surface area contributed by atoms with Crippen molar-refractivity contribution in [2.24, 2.45) is 0 Å². The highest BCUT2D eigenvalue weighted by molar-refractivity contribution is 5.93. The number of carboxylic acids is 1. The number of hydrogen-bond donors (Lipinski definition) is 2. The first-order valence-corrected chi connectivity index (χ1v) is 8.02. The predicted octanol–water partition coefficient (Wildman–Crippen LogP) is 3.49. The third-order valence-electron chi connectivity index (χ3n) is 4.42. The van der Waals surface area contributed by atoms with Crippen LogP contribution in [0.3, 0.4) is 0 Å². The smallest absolute Gasteiger partial charge is 0.432 e. The molecule has 0 radical (unpaired) electrons. The summed E-state index contributed by atoms with van der Waals surface area (Å²) in [5, 5.41) is 21.2. The van der Waals surface area contributed by atoms with Crippen molar-refractivity contribution in [3.63, 3.8) is 0 Å². The number of para-hydroxylation sites is 1. The lowest BCUT2D eigenvalue weighted by Crippen LogP contribution is -2.35. The predicted molar refractivity (Wildman–Crippen MR) is 92.1 cm³/mol. The van der Waals surface area contributed by atoms with Gasteiger partial charge in [-0.2, -0.15) is 18.4 Å². The van der Waals surface area contributed by atoms with Crippen LogP contribution >= 0.6 is 0 Å². The van der Waals surface area contributed by atoms with E-state index >= 15 is 0 Å². The van der Waals surface area contributed by atoms with E-state index in [9.17, 15) is 33.1 Å². The first-order valence-electron chi connectivity index (χ1n) is 8.02. The summed E-state index contributed by atoms with van der Waals surface area (Å²) in [6, 6.07) is 6.88. The summed E-state index contributed by atoms with van der Waals surface area (Å²) in [7, 11) is 0. The number of benzene rings is 1. The van der Waals surface area contributed by atoms with E-state index in [1.807, 2.05) is 5.32 Å². The molecule has 2 N–H and O–H groups in total. The molecule has 1 atom stereocenters. The molecule has 1 unspecified atom stereocenters. The van der Waals surface area contributed by atoms with Gasteiger partial charge in [0.25, 0.3) is 0 Å². The zero-order valence-corrected chi connectivity index (χ0v) is 14.6. The van der Waals surface area contributed by atoms with Gasteiger partial charge >= 0.3 is 12.1 Å². The van der Waals surface area contributed by atoms with Gasteiger partial charge in [0.15, 0.2) is 5.43 Å². The summed E-state index contributed by atoms with van der Waals surface area (Å²) in [6.07, 6.45) is -4.91. The summed E-state index contributed by atoms with van der Waals surface area (Å²) < 4.78 is 46.0. The average molecular weight is 390 g/mol. The van der Waals surface area contributed by atoms with Crippen LogP contribution in [-0.2, 0) is 4.79 Å². The summed E-state index contributed by atoms with van der Waals surface area (Å²) in [5.74, 6) is -2.85. The van der Waals surface area contributed by atoms with E-state index in [4.69, 9.17) is 4.42 Å². The molecule has 1 aliphatic rings. The van der Waals surface area contributed by atoms with E-state index in [2.05, 4.69) is 0 Å². The fourth-order valence-electron chi connectivity index (χ4n) is 3.31. The van der Waals surface area contributed by atoms with Crippen molar-refractivity contribution in [3.8, 4) is 6.07 Å². The minimum atomic E-state index is -4.91. The topological polar surface area (TPSA) is 103 Å². The van der Waals surface area contributed by atoms with Gasteiger partial charge in [0, 0.05) is 17.3 Å². The normalized spacial score (nSPS) is 17.5. The third-order valence-corrected chi connectivity index (χ3v) is 4.42. The number of aliphatic carboxylic acids is 1. The summed E-state index contributed by atoms with van der Waals surface area (Å²) in [6.45, 7) is 2.67. The number of fused-ring (bicyclic) bond motifs is 1. The highest BCUT2D eigenvalue weighted by Gasteiger charge is 2.45. The van der Waals surface area contributed by atoms with Crippen molar-refractivity contribution in [3.05, 3.63) is 68.4 Å². The number of aryl methyl sites for hydroxylation is 1. The fourth-order valence-corrected chi connectivity index (χ4v) is 3.31. The van der Waals surface area contributed by atoms with Gasteiger partial charge in [-0.3, -0.25) is 4.79 Å². The standard InChI is InChI=1S/C19H13F3N2O4/c1-8-6-13(25)10-4-3-5-11(16(10)28-8)15-12(7-23)17(19(20,21)22)24-9(2)14(15)18(26)27/h3-6,15,24H,1-2H3,(H,26,27). The van der Waals surface area contributed by atoms with Gasteiger partial charge in [-0.05, 0) is 19.9 Å². The SMILES string of the molecule is CC1=C(C(=O)O)C(c2cccc3c(=O)cc(C)oc23)C(C#N)=C(C(F)(F)F)N1. The van der Waals surface area contributed by atoms with Crippen LogP contribution in [0.2, 0.25) is 0 Å². The summed E-state index contributed by atoms with van der Waals surface area (Å²) in [5.41, 5.74) is -3.32. The largest absolute Gasteiger partial charge is 0.478 e. The van der Waals surface area contributed by atoms with Crippen LogP contribution in [-0.4, -0.2) is 17.3 Å². The molecular weight excluding hydrogens is 377 g/mol. The zero-order chi connectivity index (χ0) is 20.8. The van der Waals surface area contributed by atoms with Gasteiger partial charge in [-0.1, -0.05) is 12.1 Å². The molecule has 1 aromatic heterocycles. The van der Waals surface area contributed by atoms with Gasteiger partial charge in [-0.15, -0.1) is 0 Å². The van der Waals surface area contributed by atoms with Crippen LogP contribution < -0.4 is 10.7 Å². The Labute approximate surface area is 156 Å². The number of alkyl halides is 3. The number of allylic oxidation sites excluding steroid dienone is 3. The first kappa shape index (κ1) is 19.2. The highest BCUT2D eigenvalue weighted by atomic mass is 19.4. The molecule has 0 saturated heterocycles. The minimum absolute atomic E-state index is 0.00477. The molecule has 2 aromatic rings. The lowest BCUT2D eigenvalue weighted by Gasteiger charge is -2.29. The second-order valence-electron chi connectivity index (χ2n) is 6.25. The minimum Gasteiger partial charge on any atom is -0.478 e. The van der Waals surface area contributed by atoms with Crippen molar-refractivity contribution >= 4 is 16.9 Å². The van der Waals surface area contributed by atoms with Gasteiger partial charge in [0.2, 0.25) is 0 Å². The molecule has 9 heteroatoms. The molecule has 1 aromatic carbocycles. The summed E-state index contributed by atoms with van der Waals surface area (Å²) in [4.78, 5) is 24.1. The lowest BCUT2D eigenvalue weighted by atomic mass is 9.80. The molecule has 0 bridgehead atoms. The molecule has 6 nitrogen and oxygen atoms in total. The Bertz CT molecular complexity index is 1170. The fraction of sp³-hybridized carbons (Fsp3) is 0.211. The van der Waals surface area contributed by atoms with Crippen molar-refractivity contribution in [2.45, 2.75) is 25.9 Å². The first-order chi connectivity index (χ1) is 13.1. The molecule has 3 rings (SSSR count). The van der Waals surface area contributed by atoms with E-state index in [1.54, 1.807) is 0 Å². The number of nitrogens with one attached hydrogen (secondary N) is 1. The van der Waals surface area contributed by atoms with Gasteiger partial charge in [0.05, 0.1) is 28.5 Å². The van der Waals surface area contributed by atoms with E-state index in [-0.39, 0.29) is 28.0 Å². The quantitative estimate of drug-likeness (QED) is 0.814. The zero-order valence-electron chi connectivity index (χ0n) is 14.6. The Morgan fingerprint density at radius 2 is 2.00 bits per heavy atom. The maximum absolute atomic E-state index is 13.5. The molecule has 0 spiro atoms. The van der Waals surface area contributed by atoms with Crippen molar-refractivity contribution in [2.75, 3.05) is 0 Å². The molecule has 2 heterocycles. The van der Waals surface area contributed by atoms with Crippen molar-refractivity contribution in [1.29, 1.82) is 5.26 Å². The number of halogens is 3. The maximum Gasteiger partial charge on any atom is 0.432 e. The van der Waals surface area contributed by atoms with Gasteiger partial charge < -0.3 is 14.8 Å². The third kappa shape index (κ3) is 3.03. The van der Waals surface area contributed by atoms with Crippen LogP contribution in [0.5, 0.6) is 0 Å². The van der Waals surface area contributed by atoms with Crippen LogP contribution in [0.1, 0.15) is 24.2 Å². The van der Waals surface area contributed by atoms with Crippen molar-refractivity contribution in [1.82, 2.24) is 5.32 Å². The summed E-state index contributed by atoms with van der Waals surface area (Å²) >= 11 is 0. The number of dihydropyridines is 1. The Hall–Kier alpha value is -3.54. The molecule has 1 aliphatic heterocycles. The molecule has 144 valence electrons. The van der Waals surface area contributed by atoms with Crippen LogP contribution in [0, 0.1) is 18.3 Å². The number of carbonyl (C=O) groups is 1. The van der Waals surface area contributed by atoms with E-state index < -0.39 is 40.3 Å². The van der Waals surface area contributed by atoms with Crippen LogP contribution in [0.4, 0.5) is 13.2 Å². The molecule has 0 aliphatic carbocycles. The van der Waals surface area contributed by atoms with E-state index in [0.717, 1.165) is 0 Å². The Morgan fingerprint density at radius 3 is 2.57 bits per heavy atom. The van der Waals surface area contributed by atoms with E-state index in [1.165, 1.54) is 44.2 Å². The lowest BCUT2D eigenvalue weighted by molar-refractivity contribution is -0.133. The number of nitrogens with zero attached hydrogens (tertiary/aromatic N) is 1. The Balaban J connectivity index is 2.45.